The van der Waals surface area contributed by atoms with Crippen LogP contribution in [0.4, 0.5) is 0 Å². The Bertz CT molecular complexity index is 365. The van der Waals surface area contributed by atoms with Gasteiger partial charge in [0.15, 0.2) is 0 Å². The molecule has 0 heterocycles. The summed E-state index contributed by atoms with van der Waals surface area (Å²) in [7, 11) is 0. The molecule has 0 radical (unpaired) electrons. The van der Waals surface area contributed by atoms with E-state index in [1.165, 1.54) is 6.42 Å². The van der Waals surface area contributed by atoms with Crippen molar-refractivity contribution in [3.05, 3.63) is 0 Å². The molecule has 1 saturated carbocycles. The summed E-state index contributed by atoms with van der Waals surface area (Å²) in [5.74, 6) is 0.179. The number of aliphatic carboxylic acids is 1. The first kappa shape index (κ1) is 21.2. The van der Waals surface area contributed by atoms with Gasteiger partial charge in [-0.2, -0.15) is 0 Å². The molecule has 1 aliphatic rings. The maximum Gasteiger partial charge on any atom is 0.317 e. The maximum absolute atomic E-state index is 12.2. The highest BCUT2D eigenvalue weighted by Gasteiger charge is 2.29. The number of carbonyl (C=O) groups excluding carboxylic acids is 1. The van der Waals surface area contributed by atoms with Gasteiger partial charge in [0.05, 0.1) is 13.1 Å². The highest BCUT2D eigenvalue weighted by atomic mass is 35.5. The molecule has 0 aromatic carbocycles. The zero-order chi connectivity index (χ0) is 16.0. The summed E-state index contributed by atoms with van der Waals surface area (Å²) >= 11 is 0. The number of hydrogen-bond donors (Lipinski definition) is 2. The second kappa shape index (κ2) is 10.1. The van der Waals surface area contributed by atoms with E-state index in [1.807, 2.05) is 13.8 Å². The molecule has 22 heavy (non-hydrogen) atoms. The monoisotopic (exact) mass is 334 g/mol. The van der Waals surface area contributed by atoms with Gasteiger partial charge in [-0.25, -0.2) is 0 Å². The van der Waals surface area contributed by atoms with Crippen LogP contribution in [0.5, 0.6) is 0 Å². The van der Waals surface area contributed by atoms with Gasteiger partial charge < -0.3 is 10.4 Å². The predicted molar refractivity (Wildman–Crippen MR) is 90.3 cm³/mol. The molecular weight excluding hydrogens is 304 g/mol. The van der Waals surface area contributed by atoms with Gasteiger partial charge >= 0.3 is 5.97 Å². The van der Waals surface area contributed by atoms with E-state index in [4.69, 9.17) is 5.11 Å². The fraction of sp³-hybridized carbons (Fsp3) is 0.875. The first-order valence-electron chi connectivity index (χ1n) is 8.10. The number of amides is 1. The van der Waals surface area contributed by atoms with Gasteiger partial charge in [0.25, 0.3) is 0 Å². The summed E-state index contributed by atoms with van der Waals surface area (Å²) in [6.45, 7) is 8.47. The van der Waals surface area contributed by atoms with Gasteiger partial charge in [-0.3, -0.25) is 14.5 Å². The molecular formula is C16H31ClN2O3. The number of hydrogen-bond acceptors (Lipinski definition) is 3. The largest absolute Gasteiger partial charge is 0.480 e. The number of carboxylic acid groups (broad SMARTS) is 1. The van der Waals surface area contributed by atoms with Crippen molar-refractivity contribution in [1.82, 2.24) is 10.2 Å². The number of nitrogens with one attached hydrogen (secondary N) is 1. The van der Waals surface area contributed by atoms with Crippen molar-refractivity contribution < 1.29 is 14.7 Å². The minimum absolute atomic E-state index is 0. The number of carbonyl (C=O) groups is 2. The van der Waals surface area contributed by atoms with Gasteiger partial charge in [-0.15, -0.1) is 12.4 Å². The molecule has 0 spiro atoms. The van der Waals surface area contributed by atoms with Crippen LogP contribution in [-0.2, 0) is 9.59 Å². The van der Waals surface area contributed by atoms with Crippen molar-refractivity contribution in [2.45, 2.75) is 65.5 Å². The van der Waals surface area contributed by atoms with E-state index < -0.39 is 5.97 Å². The molecule has 2 N–H and O–H groups in total. The fourth-order valence-electron chi connectivity index (χ4n) is 3.02. The van der Waals surface area contributed by atoms with Crippen LogP contribution in [0.1, 0.15) is 53.4 Å². The van der Waals surface area contributed by atoms with Crippen LogP contribution in [0.15, 0.2) is 0 Å². The second-order valence-electron chi connectivity index (χ2n) is 6.50. The van der Waals surface area contributed by atoms with Crippen molar-refractivity contribution in [2.24, 2.45) is 11.8 Å². The van der Waals surface area contributed by atoms with E-state index in [1.54, 1.807) is 4.90 Å². The van der Waals surface area contributed by atoms with Crippen molar-refractivity contribution in [3.63, 3.8) is 0 Å². The molecule has 130 valence electrons. The average molecular weight is 335 g/mol. The zero-order valence-electron chi connectivity index (χ0n) is 14.2. The Morgan fingerprint density at radius 2 is 1.91 bits per heavy atom. The first-order chi connectivity index (χ1) is 9.85. The molecule has 0 aromatic rings. The Kier molecular flexibility index (Phi) is 9.69. The molecule has 4 atom stereocenters. The van der Waals surface area contributed by atoms with E-state index in [9.17, 15) is 9.59 Å². The van der Waals surface area contributed by atoms with Gasteiger partial charge in [-0.05, 0) is 31.6 Å². The standard InChI is InChI=1S/C16H30N2O3.ClH/c1-5-12(3)18(10-16(20)21)9-15(19)17-14-8-6-7-11(2)13(14)4;/h11-14H,5-10H2,1-4H3,(H,17,19)(H,20,21);1H. The number of rotatable bonds is 7. The minimum Gasteiger partial charge on any atom is -0.480 e. The first-order valence-corrected chi connectivity index (χ1v) is 8.10. The lowest BCUT2D eigenvalue weighted by Gasteiger charge is -2.35. The van der Waals surface area contributed by atoms with Crippen molar-refractivity contribution in [1.29, 1.82) is 0 Å². The SMILES string of the molecule is CCC(C)N(CC(=O)O)CC(=O)NC1CCCC(C)C1C.Cl. The van der Waals surface area contributed by atoms with Gasteiger partial charge in [0, 0.05) is 12.1 Å². The van der Waals surface area contributed by atoms with Crippen LogP contribution in [0.25, 0.3) is 0 Å². The molecule has 0 aliphatic heterocycles. The lowest BCUT2D eigenvalue weighted by Crippen LogP contribution is -2.49. The topological polar surface area (TPSA) is 69.6 Å². The highest BCUT2D eigenvalue weighted by Crippen LogP contribution is 2.29. The zero-order valence-corrected chi connectivity index (χ0v) is 15.0. The summed E-state index contributed by atoms with van der Waals surface area (Å²) in [6, 6.07) is 0.319. The number of halogens is 1. The number of nitrogens with zero attached hydrogens (tertiary/aromatic N) is 1. The predicted octanol–water partition coefficient (Wildman–Crippen LogP) is 2.53. The van der Waals surface area contributed by atoms with Gasteiger partial charge in [-0.1, -0.05) is 33.6 Å². The van der Waals surface area contributed by atoms with Crippen molar-refractivity contribution in [2.75, 3.05) is 13.1 Å². The Hall–Kier alpha value is -0.810. The third-order valence-electron chi connectivity index (χ3n) is 4.95. The fourth-order valence-corrected chi connectivity index (χ4v) is 3.02. The normalized spacial score (nSPS) is 26.1. The lowest BCUT2D eigenvalue weighted by atomic mass is 9.78. The molecule has 0 aromatic heterocycles. The van der Waals surface area contributed by atoms with Gasteiger partial charge in [0.2, 0.25) is 5.91 Å². The third-order valence-corrected chi connectivity index (χ3v) is 4.95. The van der Waals surface area contributed by atoms with Gasteiger partial charge in [0.1, 0.15) is 0 Å². The summed E-state index contributed by atoms with van der Waals surface area (Å²) < 4.78 is 0. The van der Waals surface area contributed by atoms with Crippen LogP contribution in [-0.4, -0.2) is 47.1 Å². The average Bonchev–Trinajstić information content (AvgIpc) is 2.41. The Labute approximate surface area is 140 Å². The van der Waals surface area contributed by atoms with Crippen LogP contribution in [0.3, 0.4) is 0 Å². The molecule has 0 bridgehead atoms. The van der Waals surface area contributed by atoms with E-state index in [0.29, 0.717) is 11.8 Å². The van der Waals surface area contributed by atoms with E-state index in [0.717, 1.165) is 19.3 Å². The summed E-state index contributed by atoms with van der Waals surface area (Å²) in [4.78, 5) is 24.9. The molecule has 1 rings (SSSR count). The summed E-state index contributed by atoms with van der Waals surface area (Å²) in [5.41, 5.74) is 0. The van der Waals surface area contributed by atoms with Crippen molar-refractivity contribution >= 4 is 24.3 Å². The second-order valence-corrected chi connectivity index (χ2v) is 6.50. The summed E-state index contributed by atoms with van der Waals surface area (Å²) in [5, 5.41) is 12.1. The lowest BCUT2D eigenvalue weighted by molar-refractivity contribution is -0.139. The van der Waals surface area contributed by atoms with Crippen LogP contribution in [0, 0.1) is 11.8 Å². The Balaban J connectivity index is 0.00000441. The van der Waals surface area contributed by atoms with Crippen molar-refractivity contribution in [3.8, 4) is 0 Å². The van der Waals surface area contributed by atoms with Crippen LogP contribution in [0.2, 0.25) is 0 Å². The Morgan fingerprint density at radius 1 is 1.27 bits per heavy atom. The van der Waals surface area contributed by atoms with Crippen LogP contribution < -0.4 is 5.32 Å². The maximum atomic E-state index is 12.2. The minimum atomic E-state index is -0.886. The third kappa shape index (κ3) is 6.53. The molecule has 1 fully saturated rings. The number of carboxylic acids is 1. The molecule has 4 unspecified atom stereocenters. The van der Waals surface area contributed by atoms with E-state index in [-0.39, 0.29) is 43.5 Å². The molecule has 6 heteroatoms. The summed E-state index contributed by atoms with van der Waals surface area (Å²) in [6.07, 6.45) is 4.24. The molecule has 1 aliphatic carbocycles. The quantitative estimate of drug-likeness (QED) is 0.750. The highest BCUT2D eigenvalue weighted by molar-refractivity contribution is 5.85. The van der Waals surface area contributed by atoms with E-state index in [2.05, 4.69) is 19.2 Å². The Morgan fingerprint density at radius 3 is 2.45 bits per heavy atom. The van der Waals surface area contributed by atoms with Crippen LogP contribution >= 0.6 is 12.4 Å². The van der Waals surface area contributed by atoms with E-state index >= 15 is 0 Å². The molecule has 5 nitrogen and oxygen atoms in total. The molecule has 1 amide bonds. The smallest absolute Gasteiger partial charge is 0.317 e. The molecule has 0 saturated heterocycles.